The summed E-state index contributed by atoms with van der Waals surface area (Å²) < 4.78 is 0.637. The van der Waals surface area contributed by atoms with Crippen molar-refractivity contribution in [3.63, 3.8) is 0 Å². The van der Waals surface area contributed by atoms with Gasteiger partial charge in [0.1, 0.15) is 5.76 Å². The highest BCUT2D eigenvalue weighted by molar-refractivity contribution is 9.10. The van der Waals surface area contributed by atoms with Crippen LogP contribution in [0.4, 0.5) is 0 Å². The van der Waals surface area contributed by atoms with Crippen molar-refractivity contribution < 1.29 is 5.11 Å². The zero-order valence-electron chi connectivity index (χ0n) is 13.7. The van der Waals surface area contributed by atoms with Crippen molar-refractivity contribution in [3.05, 3.63) is 99.5 Å². The summed E-state index contributed by atoms with van der Waals surface area (Å²) in [5.74, 6) is -0.116. The van der Waals surface area contributed by atoms with Gasteiger partial charge in [0.05, 0.1) is 15.6 Å². The zero-order chi connectivity index (χ0) is 18.7. The van der Waals surface area contributed by atoms with E-state index in [0.29, 0.717) is 41.5 Å². The molecule has 4 nitrogen and oxygen atoms in total. The number of rotatable bonds is 1. The van der Waals surface area contributed by atoms with Gasteiger partial charge in [-0.05, 0) is 29.0 Å². The number of nitrogens with zero attached hydrogens (tertiary/aromatic N) is 1. The van der Waals surface area contributed by atoms with Crippen molar-refractivity contribution in [2.45, 2.75) is 0 Å². The average Bonchev–Trinajstić information content (AvgIpc) is 3.21. The largest absolute Gasteiger partial charge is 0.506 e. The third-order valence-electron chi connectivity index (χ3n) is 4.73. The van der Waals surface area contributed by atoms with E-state index in [9.17, 15) is 14.7 Å². The molecule has 0 bridgehead atoms. The number of hydrogen-bond donors (Lipinski definition) is 1. The Hall–Kier alpha value is -2.83. The number of fused-ring (bicyclic) bond motifs is 2. The van der Waals surface area contributed by atoms with E-state index in [2.05, 4.69) is 20.9 Å². The van der Waals surface area contributed by atoms with E-state index in [1.807, 2.05) is 11.4 Å². The molecule has 2 aromatic carbocycles. The molecule has 0 saturated carbocycles. The van der Waals surface area contributed by atoms with Crippen LogP contribution in [-0.4, -0.2) is 10.1 Å². The minimum atomic E-state index is -0.513. The van der Waals surface area contributed by atoms with Gasteiger partial charge in [0.2, 0.25) is 0 Å². The Morgan fingerprint density at radius 2 is 1.74 bits per heavy atom. The molecular formula is C21H10BrNO3S. The lowest BCUT2D eigenvalue weighted by Crippen LogP contribution is -2.32. The fourth-order valence-corrected chi connectivity index (χ4v) is 4.78. The lowest BCUT2D eigenvalue weighted by atomic mass is 9.98. The van der Waals surface area contributed by atoms with Crippen molar-refractivity contribution in [2.75, 3.05) is 0 Å². The number of halogens is 1. The van der Waals surface area contributed by atoms with Gasteiger partial charge in [-0.25, -0.2) is 4.98 Å². The molecule has 27 heavy (non-hydrogen) atoms. The van der Waals surface area contributed by atoms with Crippen LogP contribution in [0, 0.1) is 10.4 Å². The zero-order valence-corrected chi connectivity index (χ0v) is 16.1. The van der Waals surface area contributed by atoms with Gasteiger partial charge in [-0.1, -0.05) is 46.3 Å². The standard InChI is InChI=1S/C21H10BrNO3S/c22-12-7-8-13-17-15(10-4-1-2-5-11(10)19(24)16(12)17)18(21(26)23-13)20(25)14-6-3-9-27-14/h1-9,25H/b20-18+. The summed E-state index contributed by atoms with van der Waals surface area (Å²) in [7, 11) is 0. The molecule has 0 atom stereocenters. The van der Waals surface area contributed by atoms with E-state index in [-0.39, 0.29) is 16.4 Å². The van der Waals surface area contributed by atoms with Crippen LogP contribution >= 0.6 is 27.3 Å². The predicted molar refractivity (Wildman–Crippen MR) is 111 cm³/mol. The van der Waals surface area contributed by atoms with Crippen LogP contribution in [-0.2, 0) is 0 Å². The van der Waals surface area contributed by atoms with Gasteiger partial charge in [-0.15, -0.1) is 11.3 Å². The molecule has 1 aliphatic heterocycles. The number of benzene rings is 2. The van der Waals surface area contributed by atoms with Gasteiger partial charge < -0.3 is 5.11 Å². The average molecular weight is 436 g/mol. The predicted octanol–water partition coefficient (Wildman–Crippen LogP) is 3.53. The van der Waals surface area contributed by atoms with Crippen LogP contribution < -0.4 is 16.2 Å². The molecule has 0 saturated heterocycles. The first kappa shape index (κ1) is 16.4. The van der Waals surface area contributed by atoms with Crippen LogP contribution in [0.5, 0.6) is 0 Å². The molecule has 0 fully saturated rings. The van der Waals surface area contributed by atoms with Gasteiger partial charge in [-0.3, -0.25) is 9.59 Å². The van der Waals surface area contributed by atoms with Crippen LogP contribution in [0.15, 0.2) is 68.0 Å². The second-order valence-corrected chi connectivity index (χ2v) is 7.99. The lowest BCUT2D eigenvalue weighted by molar-refractivity contribution is 0.508. The Kier molecular flexibility index (Phi) is 3.54. The van der Waals surface area contributed by atoms with Crippen molar-refractivity contribution >= 4 is 54.7 Å². The Bertz CT molecular complexity index is 1580. The lowest BCUT2D eigenvalue weighted by Gasteiger charge is -2.08. The Balaban J connectivity index is 2.31. The maximum Gasteiger partial charge on any atom is 0.282 e. The quantitative estimate of drug-likeness (QED) is 0.437. The van der Waals surface area contributed by atoms with Crippen LogP contribution in [0.1, 0.15) is 4.88 Å². The van der Waals surface area contributed by atoms with E-state index >= 15 is 0 Å². The molecule has 0 spiro atoms. The van der Waals surface area contributed by atoms with Crippen LogP contribution in [0.3, 0.4) is 0 Å². The molecule has 2 aliphatic rings. The van der Waals surface area contributed by atoms with Crippen molar-refractivity contribution in [1.29, 1.82) is 0 Å². The van der Waals surface area contributed by atoms with Crippen molar-refractivity contribution in [3.8, 4) is 0 Å². The monoisotopic (exact) mass is 435 g/mol. The Labute approximate surface area is 164 Å². The van der Waals surface area contributed by atoms with E-state index in [1.54, 1.807) is 42.5 Å². The first-order valence-electron chi connectivity index (χ1n) is 8.15. The highest BCUT2D eigenvalue weighted by Crippen LogP contribution is 2.24. The highest BCUT2D eigenvalue weighted by Gasteiger charge is 2.17. The van der Waals surface area contributed by atoms with Gasteiger partial charge in [-0.2, -0.15) is 0 Å². The molecule has 0 amide bonds. The highest BCUT2D eigenvalue weighted by atomic mass is 79.9. The van der Waals surface area contributed by atoms with Crippen LogP contribution in [0.25, 0.3) is 27.4 Å². The van der Waals surface area contributed by atoms with E-state index in [0.717, 1.165) is 0 Å². The van der Waals surface area contributed by atoms with Gasteiger partial charge in [0.15, 0.2) is 5.43 Å². The smallest absolute Gasteiger partial charge is 0.282 e. The fourth-order valence-electron chi connectivity index (χ4n) is 3.59. The Morgan fingerprint density at radius 1 is 0.963 bits per heavy atom. The summed E-state index contributed by atoms with van der Waals surface area (Å²) in [4.78, 5) is 30.7. The van der Waals surface area contributed by atoms with Crippen molar-refractivity contribution in [2.24, 2.45) is 0 Å². The molecule has 6 heteroatoms. The number of aromatic nitrogens is 1. The molecule has 3 aromatic rings. The van der Waals surface area contributed by atoms with Gasteiger partial charge in [0.25, 0.3) is 5.56 Å². The first-order chi connectivity index (χ1) is 13.1. The second kappa shape index (κ2) is 5.84. The fraction of sp³-hybridized carbons (Fsp3) is 0. The summed E-state index contributed by atoms with van der Waals surface area (Å²) in [6.07, 6.45) is 0. The minimum absolute atomic E-state index is 0.116. The van der Waals surface area contributed by atoms with E-state index in [4.69, 9.17) is 0 Å². The summed E-state index contributed by atoms with van der Waals surface area (Å²) >= 11 is 4.80. The van der Waals surface area contributed by atoms with Crippen molar-refractivity contribution in [1.82, 2.24) is 4.98 Å². The molecule has 0 radical (unpaired) electrons. The number of hydrogen-bond acceptors (Lipinski definition) is 5. The minimum Gasteiger partial charge on any atom is -0.506 e. The summed E-state index contributed by atoms with van der Waals surface area (Å²) in [6.45, 7) is 0. The maximum atomic E-state index is 13.1. The van der Waals surface area contributed by atoms with E-state index in [1.165, 1.54) is 11.3 Å². The summed E-state index contributed by atoms with van der Waals surface area (Å²) in [6, 6.07) is 14.1. The molecule has 5 rings (SSSR count). The first-order valence-corrected chi connectivity index (χ1v) is 9.82. The topological polar surface area (TPSA) is 67.3 Å². The number of thiophene rings is 1. The van der Waals surface area contributed by atoms with Crippen LogP contribution in [0.2, 0.25) is 0 Å². The Morgan fingerprint density at radius 3 is 2.48 bits per heavy atom. The normalized spacial score (nSPS) is 12.9. The third-order valence-corrected chi connectivity index (χ3v) is 6.27. The third kappa shape index (κ3) is 2.23. The van der Waals surface area contributed by atoms with Gasteiger partial charge >= 0.3 is 0 Å². The molecule has 1 aromatic heterocycles. The molecular weight excluding hydrogens is 426 g/mol. The molecule has 1 aliphatic carbocycles. The van der Waals surface area contributed by atoms with Gasteiger partial charge in [0, 0.05) is 25.7 Å². The second-order valence-electron chi connectivity index (χ2n) is 6.18. The maximum absolute atomic E-state index is 13.1. The number of aliphatic hydroxyl groups is 1. The molecule has 2 heterocycles. The SMILES string of the molecule is O=c1nc2ccc(Br)c3c2=c(/c1=C(\O)c1cccs1)c1ccccc1c3=O. The molecule has 0 unspecified atom stereocenters. The molecule has 1 N–H and O–H groups in total. The van der Waals surface area contributed by atoms with E-state index < -0.39 is 5.56 Å². The summed E-state index contributed by atoms with van der Waals surface area (Å²) in [5, 5.41) is 15.6. The summed E-state index contributed by atoms with van der Waals surface area (Å²) in [5.41, 5.74) is -0.197. The number of aliphatic hydroxyl groups excluding tert-OH is 1. The molecule has 130 valence electrons.